The van der Waals surface area contributed by atoms with Gasteiger partial charge < -0.3 is 11.1 Å². The SMILES string of the molecule is Cc1ccc(NC(=O)CC2(N)CCCC2)c(Br)c1. The summed E-state index contributed by atoms with van der Waals surface area (Å²) in [5.74, 6) is 0.00366. The van der Waals surface area contributed by atoms with E-state index in [1.165, 1.54) is 0 Å². The molecular formula is C14H19BrN2O. The van der Waals surface area contributed by atoms with Crippen LogP contribution in [0, 0.1) is 6.92 Å². The summed E-state index contributed by atoms with van der Waals surface area (Å²) in [6.45, 7) is 2.02. The van der Waals surface area contributed by atoms with Crippen molar-refractivity contribution >= 4 is 27.5 Å². The van der Waals surface area contributed by atoms with Crippen LogP contribution in [0.4, 0.5) is 5.69 Å². The van der Waals surface area contributed by atoms with Gasteiger partial charge in [0.15, 0.2) is 0 Å². The molecule has 1 saturated carbocycles. The van der Waals surface area contributed by atoms with Crippen molar-refractivity contribution in [1.82, 2.24) is 0 Å². The quantitative estimate of drug-likeness (QED) is 0.899. The van der Waals surface area contributed by atoms with Crippen LogP contribution in [0.1, 0.15) is 37.7 Å². The fourth-order valence-electron chi connectivity index (χ4n) is 2.49. The largest absolute Gasteiger partial charge is 0.325 e. The Labute approximate surface area is 116 Å². The summed E-state index contributed by atoms with van der Waals surface area (Å²) in [6, 6.07) is 5.88. The predicted octanol–water partition coefficient (Wildman–Crippen LogP) is 3.36. The van der Waals surface area contributed by atoms with Gasteiger partial charge in [0, 0.05) is 16.4 Å². The molecular weight excluding hydrogens is 292 g/mol. The number of rotatable bonds is 3. The van der Waals surface area contributed by atoms with E-state index in [0.29, 0.717) is 6.42 Å². The fraction of sp³-hybridized carbons (Fsp3) is 0.500. The number of nitrogens with two attached hydrogens (primary N) is 1. The molecule has 0 atom stereocenters. The number of hydrogen-bond acceptors (Lipinski definition) is 2. The second-order valence-electron chi connectivity index (χ2n) is 5.28. The van der Waals surface area contributed by atoms with Crippen LogP contribution in [-0.4, -0.2) is 11.4 Å². The molecule has 0 spiro atoms. The zero-order valence-corrected chi connectivity index (χ0v) is 12.2. The number of hydrogen-bond donors (Lipinski definition) is 2. The minimum Gasteiger partial charge on any atom is -0.325 e. The molecule has 4 heteroatoms. The molecule has 0 radical (unpaired) electrons. The van der Waals surface area contributed by atoms with Crippen molar-refractivity contribution < 1.29 is 4.79 Å². The fourth-order valence-corrected chi connectivity index (χ4v) is 3.08. The lowest BCUT2D eigenvalue weighted by Gasteiger charge is -2.22. The minimum atomic E-state index is -0.290. The average Bonchev–Trinajstić information content (AvgIpc) is 2.69. The Bertz CT molecular complexity index is 453. The summed E-state index contributed by atoms with van der Waals surface area (Å²) >= 11 is 3.46. The lowest BCUT2D eigenvalue weighted by Crippen LogP contribution is -2.40. The number of nitrogens with one attached hydrogen (secondary N) is 1. The highest BCUT2D eigenvalue weighted by atomic mass is 79.9. The van der Waals surface area contributed by atoms with Crippen LogP contribution in [0.2, 0.25) is 0 Å². The third-order valence-electron chi connectivity index (χ3n) is 3.51. The number of carbonyl (C=O) groups is 1. The molecule has 1 aliphatic rings. The van der Waals surface area contributed by atoms with Crippen LogP contribution < -0.4 is 11.1 Å². The first-order valence-corrected chi connectivity index (χ1v) is 7.13. The number of carbonyl (C=O) groups excluding carboxylic acids is 1. The van der Waals surface area contributed by atoms with Gasteiger partial charge in [-0.05, 0) is 53.4 Å². The van der Waals surface area contributed by atoms with Crippen molar-refractivity contribution in [2.75, 3.05) is 5.32 Å². The van der Waals surface area contributed by atoms with Crippen LogP contribution >= 0.6 is 15.9 Å². The van der Waals surface area contributed by atoms with E-state index in [0.717, 1.165) is 41.4 Å². The van der Waals surface area contributed by atoms with Gasteiger partial charge in [-0.2, -0.15) is 0 Å². The normalized spacial score (nSPS) is 17.7. The van der Waals surface area contributed by atoms with E-state index in [2.05, 4.69) is 21.2 Å². The molecule has 2 rings (SSSR count). The highest BCUT2D eigenvalue weighted by molar-refractivity contribution is 9.10. The van der Waals surface area contributed by atoms with Gasteiger partial charge in [0.2, 0.25) is 5.91 Å². The first-order valence-electron chi connectivity index (χ1n) is 6.33. The van der Waals surface area contributed by atoms with Crippen molar-refractivity contribution in [3.8, 4) is 0 Å². The Kier molecular flexibility index (Phi) is 4.07. The zero-order chi connectivity index (χ0) is 13.2. The standard InChI is InChI=1S/C14H19BrN2O/c1-10-4-5-12(11(15)8-10)17-13(18)9-14(16)6-2-3-7-14/h4-5,8H,2-3,6-7,9,16H2,1H3,(H,17,18). The van der Waals surface area contributed by atoms with Crippen molar-refractivity contribution in [2.24, 2.45) is 5.73 Å². The zero-order valence-electron chi connectivity index (χ0n) is 10.6. The van der Waals surface area contributed by atoms with Crippen molar-refractivity contribution in [1.29, 1.82) is 0 Å². The second kappa shape index (κ2) is 5.41. The minimum absolute atomic E-state index is 0.00366. The molecule has 3 nitrogen and oxygen atoms in total. The van der Waals surface area contributed by atoms with Gasteiger partial charge in [-0.3, -0.25) is 4.79 Å². The molecule has 18 heavy (non-hydrogen) atoms. The Balaban J connectivity index is 1.98. The van der Waals surface area contributed by atoms with Crippen molar-refractivity contribution in [3.05, 3.63) is 28.2 Å². The van der Waals surface area contributed by atoms with E-state index >= 15 is 0 Å². The van der Waals surface area contributed by atoms with E-state index < -0.39 is 0 Å². The number of halogens is 1. The molecule has 3 N–H and O–H groups in total. The van der Waals surface area contributed by atoms with Crippen LogP contribution in [0.3, 0.4) is 0 Å². The maximum absolute atomic E-state index is 12.0. The number of benzene rings is 1. The van der Waals surface area contributed by atoms with E-state index in [9.17, 15) is 4.79 Å². The van der Waals surface area contributed by atoms with E-state index in [1.54, 1.807) is 0 Å². The predicted molar refractivity (Wildman–Crippen MR) is 77.5 cm³/mol. The molecule has 0 unspecified atom stereocenters. The Morgan fingerprint density at radius 1 is 1.44 bits per heavy atom. The molecule has 1 fully saturated rings. The molecule has 1 aliphatic carbocycles. The van der Waals surface area contributed by atoms with Crippen molar-refractivity contribution in [2.45, 2.75) is 44.6 Å². The number of anilines is 1. The average molecular weight is 311 g/mol. The summed E-state index contributed by atoms with van der Waals surface area (Å²) < 4.78 is 0.911. The molecule has 1 aromatic carbocycles. The summed E-state index contributed by atoms with van der Waals surface area (Å²) in [6.07, 6.45) is 4.59. The highest BCUT2D eigenvalue weighted by Crippen LogP contribution is 2.31. The smallest absolute Gasteiger partial charge is 0.226 e. The monoisotopic (exact) mass is 310 g/mol. The summed E-state index contributed by atoms with van der Waals surface area (Å²) in [5.41, 5.74) is 7.88. The number of amides is 1. The molecule has 0 aromatic heterocycles. The van der Waals surface area contributed by atoms with E-state index in [-0.39, 0.29) is 11.4 Å². The molecule has 0 heterocycles. The molecule has 1 aromatic rings. The van der Waals surface area contributed by atoms with Gasteiger partial charge in [-0.15, -0.1) is 0 Å². The van der Waals surface area contributed by atoms with Crippen LogP contribution in [-0.2, 0) is 4.79 Å². The maximum atomic E-state index is 12.0. The Hall–Kier alpha value is -0.870. The first-order chi connectivity index (χ1) is 8.48. The van der Waals surface area contributed by atoms with Gasteiger partial charge in [0.1, 0.15) is 0 Å². The van der Waals surface area contributed by atoms with E-state index in [4.69, 9.17) is 5.73 Å². The second-order valence-corrected chi connectivity index (χ2v) is 6.13. The summed E-state index contributed by atoms with van der Waals surface area (Å²) in [7, 11) is 0. The third kappa shape index (κ3) is 3.33. The molecule has 0 saturated heterocycles. The Morgan fingerprint density at radius 3 is 2.72 bits per heavy atom. The van der Waals surface area contributed by atoms with Gasteiger partial charge >= 0.3 is 0 Å². The van der Waals surface area contributed by atoms with E-state index in [1.807, 2.05) is 25.1 Å². The van der Waals surface area contributed by atoms with Gasteiger partial charge in [-0.25, -0.2) is 0 Å². The number of aryl methyl sites for hydroxylation is 1. The van der Waals surface area contributed by atoms with Gasteiger partial charge in [0.25, 0.3) is 0 Å². The topological polar surface area (TPSA) is 55.1 Å². The molecule has 98 valence electrons. The maximum Gasteiger partial charge on any atom is 0.226 e. The molecule has 0 bridgehead atoms. The summed E-state index contributed by atoms with van der Waals surface area (Å²) in [4.78, 5) is 12.0. The first kappa shape index (κ1) is 13.6. The lowest BCUT2D eigenvalue weighted by atomic mass is 9.94. The van der Waals surface area contributed by atoms with Crippen LogP contribution in [0.5, 0.6) is 0 Å². The lowest BCUT2D eigenvalue weighted by molar-refractivity contribution is -0.117. The molecule has 0 aliphatic heterocycles. The Morgan fingerprint density at radius 2 is 2.11 bits per heavy atom. The van der Waals surface area contributed by atoms with Crippen molar-refractivity contribution in [3.63, 3.8) is 0 Å². The van der Waals surface area contributed by atoms with Crippen LogP contribution in [0.25, 0.3) is 0 Å². The van der Waals surface area contributed by atoms with Gasteiger partial charge in [0.05, 0.1) is 5.69 Å². The van der Waals surface area contributed by atoms with Crippen LogP contribution in [0.15, 0.2) is 22.7 Å². The third-order valence-corrected chi connectivity index (χ3v) is 4.17. The molecule has 1 amide bonds. The summed E-state index contributed by atoms with van der Waals surface area (Å²) in [5, 5.41) is 2.92. The van der Waals surface area contributed by atoms with Gasteiger partial charge in [-0.1, -0.05) is 18.9 Å². The highest BCUT2D eigenvalue weighted by Gasteiger charge is 2.31.